The van der Waals surface area contributed by atoms with Crippen molar-refractivity contribution in [1.29, 1.82) is 0 Å². The molecule has 0 aromatic rings. The lowest BCUT2D eigenvalue weighted by molar-refractivity contribution is -0.153. The van der Waals surface area contributed by atoms with E-state index in [4.69, 9.17) is 18.9 Å². The fourth-order valence-electron chi connectivity index (χ4n) is 4.84. The highest BCUT2D eigenvalue weighted by atomic mass is 16.6. The van der Waals surface area contributed by atoms with E-state index in [1.54, 1.807) is 12.2 Å². The number of esters is 4. The van der Waals surface area contributed by atoms with Crippen LogP contribution in [0.15, 0.2) is 23.8 Å². The van der Waals surface area contributed by atoms with Crippen LogP contribution in [0.3, 0.4) is 0 Å². The van der Waals surface area contributed by atoms with E-state index in [9.17, 15) is 19.2 Å². The number of hydrogen-bond acceptors (Lipinski definition) is 9. The molecule has 43 heavy (non-hydrogen) atoms. The van der Waals surface area contributed by atoms with Crippen LogP contribution in [-0.4, -0.2) is 73.8 Å². The number of nitrogens with zero attached hydrogens (tertiary/aromatic N) is 1. The Kier molecular flexibility index (Phi) is 22.1. The third kappa shape index (κ3) is 20.8. The van der Waals surface area contributed by atoms with Crippen LogP contribution in [0.5, 0.6) is 0 Å². The number of rotatable bonds is 23. The van der Waals surface area contributed by atoms with Crippen molar-refractivity contribution in [3.8, 4) is 0 Å². The molecule has 0 aromatic carbocycles. The van der Waals surface area contributed by atoms with Gasteiger partial charge in [0, 0.05) is 6.92 Å². The summed E-state index contributed by atoms with van der Waals surface area (Å²) in [6, 6.07) is 0. The van der Waals surface area contributed by atoms with Gasteiger partial charge in [0.15, 0.2) is 0 Å². The standard InChI is InChI=1S/C34H57NO8/c1-5-8-10-12-14-16-22-40-32(37)25-35(26-33(38)41-23-17-15-13-11-9-6-2)27-34(39)43-30-19-18-29(7-3)24-31(21-20-30)42-28(4)36/h20-21,24,30-31H,5-19,22-23,25-27H2,1-4H3/b21-20-,29-24?/t30-,31+/m1/s1. The Hall–Kier alpha value is -2.68. The van der Waals surface area contributed by atoms with Crippen molar-refractivity contribution in [1.82, 2.24) is 4.90 Å². The number of allylic oxidation sites excluding steroid dienone is 1. The third-order valence-electron chi connectivity index (χ3n) is 7.28. The third-order valence-corrected chi connectivity index (χ3v) is 7.28. The molecule has 0 amide bonds. The Balaban J connectivity index is 2.69. The number of unbranched alkanes of at least 4 members (excludes halogenated alkanes) is 10. The van der Waals surface area contributed by atoms with E-state index in [1.807, 2.05) is 13.0 Å². The molecule has 0 N–H and O–H groups in total. The Morgan fingerprint density at radius 2 is 1.21 bits per heavy atom. The minimum absolute atomic E-state index is 0.213. The molecule has 0 aromatic heterocycles. The van der Waals surface area contributed by atoms with Crippen LogP contribution in [0.2, 0.25) is 0 Å². The lowest BCUT2D eigenvalue weighted by atomic mass is 9.99. The first kappa shape index (κ1) is 38.3. The maximum absolute atomic E-state index is 13.0. The van der Waals surface area contributed by atoms with Gasteiger partial charge in [0.25, 0.3) is 0 Å². The molecule has 1 rings (SSSR count). The summed E-state index contributed by atoms with van der Waals surface area (Å²) in [7, 11) is 0. The lowest BCUT2D eigenvalue weighted by Gasteiger charge is -2.23. The first-order valence-electron chi connectivity index (χ1n) is 16.5. The van der Waals surface area contributed by atoms with Gasteiger partial charge in [-0.05, 0) is 50.3 Å². The van der Waals surface area contributed by atoms with Crippen molar-refractivity contribution in [2.24, 2.45) is 0 Å². The van der Waals surface area contributed by atoms with E-state index in [0.717, 1.165) is 50.5 Å². The van der Waals surface area contributed by atoms with Crippen LogP contribution in [0.25, 0.3) is 0 Å². The van der Waals surface area contributed by atoms with E-state index >= 15 is 0 Å². The predicted molar refractivity (Wildman–Crippen MR) is 167 cm³/mol. The zero-order chi connectivity index (χ0) is 31.7. The highest BCUT2D eigenvalue weighted by Crippen LogP contribution is 2.20. The molecule has 0 heterocycles. The summed E-state index contributed by atoms with van der Waals surface area (Å²) < 4.78 is 21.8. The molecular weight excluding hydrogens is 550 g/mol. The molecule has 0 fully saturated rings. The van der Waals surface area contributed by atoms with Crippen molar-refractivity contribution < 1.29 is 38.1 Å². The monoisotopic (exact) mass is 607 g/mol. The normalized spacial score (nSPS) is 17.4. The topological polar surface area (TPSA) is 108 Å². The number of ether oxygens (including phenoxy) is 4. The van der Waals surface area contributed by atoms with E-state index in [2.05, 4.69) is 13.8 Å². The fourth-order valence-corrected chi connectivity index (χ4v) is 4.84. The van der Waals surface area contributed by atoms with Crippen LogP contribution < -0.4 is 0 Å². The van der Waals surface area contributed by atoms with E-state index in [0.29, 0.717) is 26.1 Å². The van der Waals surface area contributed by atoms with Gasteiger partial charge in [-0.25, -0.2) is 0 Å². The summed E-state index contributed by atoms with van der Waals surface area (Å²) in [6.07, 6.45) is 19.3. The minimum Gasteiger partial charge on any atom is -0.465 e. The van der Waals surface area contributed by atoms with Crippen molar-refractivity contribution in [2.45, 2.75) is 136 Å². The van der Waals surface area contributed by atoms with Crippen molar-refractivity contribution in [2.75, 3.05) is 32.8 Å². The fraction of sp³-hybridized carbons (Fsp3) is 0.765. The lowest BCUT2D eigenvalue weighted by Crippen LogP contribution is -2.40. The van der Waals surface area contributed by atoms with Gasteiger partial charge in [-0.3, -0.25) is 24.1 Å². The average molecular weight is 608 g/mol. The second kappa shape index (κ2) is 24.7. The van der Waals surface area contributed by atoms with Crippen molar-refractivity contribution in [3.05, 3.63) is 23.8 Å². The van der Waals surface area contributed by atoms with Crippen LogP contribution in [0.4, 0.5) is 0 Å². The second-order valence-corrected chi connectivity index (χ2v) is 11.3. The summed E-state index contributed by atoms with van der Waals surface area (Å²) in [5, 5.41) is 0. The molecular formula is C34H57NO8. The molecule has 246 valence electrons. The van der Waals surface area contributed by atoms with Crippen LogP contribution >= 0.6 is 0 Å². The second-order valence-electron chi connectivity index (χ2n) is 11.3. The molecule has 0 spiro atoms. The average Bonchev–Trinajstić information content (AvgIpc) is 2.95. The van der Waals surface area contributed by atoms with Gasteiger partial charge in [-0.2, -0.15) is 0 Å². The SMILES string of the molecule is CCCCCCCCOC(=O)CN(CC(=O)OCCCCCCCC)CC(=O)O[C@H]1/C=C\[C@H](OC(C)=O)C=C(CC)CC1. The maximum atomic E-state index is 13.0. The van der Waals surface area contributed by atoms with E-state index < -0.39 is 36.1 Å². The smallest absolute Gasteiger partial charge is 0.320 e. The molecule has 9 nitrogen and oxygen atoms in total. The van der Waals surface area contributed by atoms with Gasteiger partial charge in [-0.1, -0.05) is 90.6 Å². The van der Waals surface area contributed by atoms with Crippen molar-refractivity contribution in [3.63, 3.8) is 0 Å². The minimum atomic E-state index is -0.561. The maximum Gasteiger partial charge on any atom is 0.320 e. The van der Waals surface area contributed by atoms with Gasteiger partial charge in [-0.15, -0.1) is 0 Å². The molecule has 1 aliphatic rings. The summed E-state index contributed by atoms with van der Waals surface area (Å²) in [6.45, 7) is 7.67. The summed E-state index contributed by atoms with van der Waals surface area (Å²) in [5.41, 5.74) is 1.11. The largest absolute Gasteiger partial charge is 0.465 e. The molecule has 0 radical (unpaired) electrons. The predicted octanol–water partition coefficient (Wildman–Crippen LogP) is 6.63. The van der Waals surface area contributed by atoms with Gasteiger partial charge in [0.1, 0.15) is 12.2 Å². The van der Waals surface area contributed by atoms with E-state index in [-0.39, 0.29) is 19.6 Å². The zero-order valence-electron chi connectivity index (χ0n) is 27.2. The summed E-state index contributed by atoms with van der Waals surface area (Å²) in [4.78, 5) is 51.0. The number of carbonyl (C=O) groups excluding carboxylic acids is 4. The first-order valence-corrected chi connectivity index (χ1v) is 16.5. The Labute approximate surface area is 259 Å². The van der Waals surface area contributed by atoms with E-state index in [1.165, 1.54) is 50.3 Å². The molecule has 0 unspecified atom stereocenters. The molecule has 9 heteroatoms. The Morgan fingerprint density at radius 3 is 1.72 bits per heavy atom. The molecule has 1 aliphatic carbocycles. The van der Waals surface area contributed by atoms with Gasteiger partial charge in [0.2, 0.25) is 0 Å². The highest BCUT2D eigenvalue weighted by Gasteiger charge is 2.23. The van der Waals surface area contributed by atoms with Crippen LogP contribution in [0.1, 0.15) is 124 Å². The number of carbonyl (C=O) groups is 4. The van der Waals surface area contributed by atoms with Gasteiger partial charge < -0.3 is 18.9 Å². The zero-order valence-corrected chi connectivity index (χ0v) is 27.2. The quantitative estimate of drug-likeness (QED) is 0.0547. The molecule has 0 aliphatic heterocycles. The van der Waals surface area contributed by atoms with Crippen molar-refractivity contribution >= 4 is 23.9 Å². The Bertz CT molecular complexity index is 836. The summed E-state index contributed by atoms with van der Waals surface area (Å²) >= 11 is 0. The van der Waals surface area contributed by atoms with Gasteiger partial charge in [0.05, 0.1) is 32.8 Å². The molecule has 2 atom stereocenters. The molecule has 0 saturated carbocycles. The van der Waals surface area contributed by atoms with Crippen LogP contribution in [-0.2, 0) is 38.1 Å². The molecule has 0 bridgehead atoms. The number of hydrogen-bond donors (Lipinski definition) is 0. The first-order chi connectivity index (χ1) is 20.8. The summed E-state index contributed by atoms with van der Waals surface area (Å²) in [5.74, 6) is -1.93. The molecule has 0 saturated heterocycles. The Morgan fingerprint density at radius 1 is 0.698 bits per heavy atom. The highest BCUT2D eigenvalue weighted by molar-refractivity contribution is 5.78. The van der Waals surface area contributed by atoms with Gasteiger partial charge >= 0.3 is 23.9 Å². The van der Waals surface area contributed by atoms with Crippen LogP contribution in [0, 0.1) is 0 Å².